The molecule has 18 heteroatoms. The number of amides is 1. The van der Waals surface area contributed by atoms with Crippen LogP contribution in [0.2, 0.25) is 0 Å². The van der Waals surface area contributed by atoms with Crippen molar-refractivity contribution in [2.24, 2.45) is 0 Å². The van der Waals surface area contributed by atoms with Crippen LogP contribution in [0, 0.1) is 6.92 Å². The van der Waals surface area contributed by atoms with Crippen LogP contribution in [-0.2, 0) is 71.2 Å². The average molecular weight is 834 g/mol. The third-order valence-corrected chi connectivity index (χ3v) is 8.49. The number of hydrogen-bond acceptors (Lipinski definition) is 16. The third-order valence-electron chi connectivity index (χ3n) is 7.17. The normalized spacial score (nSPS) is 11.6. The van der Waals surface area contributed by atoms with E-state index < -0.39 is 10.1 Å². The number of nitrogens with one attached hydrogen (secondary N) is 1. The number of benzene rings is 2. The first-order valence-electron chi connectivity index (χ1n) is 19.2. The van der Waals surface area contributed by atoms with E-state index in [4.69, 9.17) is 61.0 Å². The van der Waals surface area contributed by atoms with E-state index in [1.54, 1.807) is 36.4 Å². The van der Waals surface area contributed by atoms with Crippen LogP contribution in [0.5, 0.6) is 5.75 Å². The van der Waals surface area contributed by atoms with Gasteiger partial charge in [0.1, 0.15) is 12.4 Å². The number of aryl methyl sites for hydroxylation is 1. The molecule has 1 amide bonds. The maximum Gasteiger partial charge on any atom is 0.297 e. The molecule has 17 nitrogen and oxygen atoms in total. The smallest absolute Gasteiger partial charge is 0.297 e. The lowest BCUT2D eigenvalue weighted by Crippen LogP contribution is -2.16. The second-order valence-corrected chi connectivity index (χ2v) is 13.5. The van der Waals surface area contributed by atoms with Crippen molar-refractivity contribution in [2.45, 2.75) is 18.7 Å². The summed E-state index contributed by atoms with van der Waals surface area (Å²) in [6, 6.07) is 13.6. The van der Waals surface area contributed by atoms with Gasteiger partial charge in [0.15, 0.2) is 0 Å². The van der Waals surface area contributed by atoms with E-state index in [0.717, 1.165) is 11.3 Å². The molecule has 2 rings (SSSR count). The zero-order valence-corrected chi connectivity index (χ0v) is 34.3. The van der Waals surface area contributed by atoms with Crippen LogP contribution in [-0.4, -0.2) is 173 Å². The Balaban J connectivity index is 1.17. The van der Waals surface area contributed by atoms with Crippen molar-refractivity contribution in [3.63, 3.8) is 0 Å². The van der Waals surface area contributed by atoms with Crippen molar-refractivity contribution in [3.8, 4) is 5.75 Å². The van der Waals surface area contributed by atoms with Crippen LogP contribution in [0.25, 0.3) is 0 Å². The number of rotatable bonds is 40. The minimum absolute atomic E-state index is 0.0654. The number of ether oxygens (including phenoxy) is 12. The van der Waals surface area contributed by atoms with Gasteiger partial charge in [-0.1, -0.05) is 17.7 Å². The third kappa shape index (κ3) is 30.0. The molecule has 0 aliphatic rings. The molecule has 0 unspecified atom stereocenters. The summed E-state index contributed by atoms with van der Waals surface area (Å²) >= 11 is 0. The SMILES string of the molecule is CC(=O)Nc1ccc(OCCOCCOCCOCCOCCOCCOCCOCCOCCOCCOCCOCCOS(=O)(=O)c2ccc(C)cc2)cc1. The second-order valence-electron chi connectivity index (χ2n) is 11.9. The van der Waals surface area contributed by atoms with Crippen LogP contribution in [0.15, 0.2) is 53.4 Å². The predicted octanol–water partition coefficient (Wildman–Crippen LogP) is 2.92. The van der Waals surface area contributed by atoms with E-state index >= 15 is 0 Å². The fourth-order valence-corrected chi connectivity index (χ4v) is 5.23. The number of anilines is 1. The molecule has 0 atom stereocenters. The van der Waals surface area contributed by atoms with E-state index in [2.05, 4.69) is 5.32 Å². The van der Waals surface area contributed by atoms with Gasteiger partial charge in [0.2, 0.25) is 5.91 Å². The van der Waals surface area contributed by atoms with E-state index in [1.807, 2.05) is 6.92 Å². The standard InChI is InChI=1S/C39H63NO16S/c1-35-3-9-39(10-4-35)57(42,43)56-34-32-54-30-28-52-26-24-50-22-20-48-18-16-46-14-12-44-11-13-45-15-17-47-19-21-49-23-25-51-27-29-53-31-33-55-38-7-5-37(6-8-38)40-36(2)41/h3-10H,11-34H2,1-2H3,(H,40,41). The van der Waals surface area contributed by atoms with E-state index in [0.29, 0.717) is 151 Å². The van der Waals surface area contributed by atoms with Crippen molar-refractivity contribution in [1.82, 2.24) is 0 Å². The van der Waals surface area contributed by atoms with E-state index in [9.17, 15) is 13.2 Å². The topological polar surface area (TPSA) is 183 Å². The van der Waals surface area contributed by atoms with Crippen LogP contribution in [0.3, 0.4) is 0 Å². The molecule has 326 valence electrons. The zero-order valence-electron chi connectivity index (χ0n) is 33.5. The first-order valence-corrected chi connectivity index (χ1v) is 20.6. The molecule has 57 heavy (non-hydrogen) atoms. The largest absolute Gasteiger partial charge is 0.491 e. The van der Waals surface area contributed by atoms with Gasteiger partial charge < -0.3 is 62.2 Å². The molecule has 0 fully saturated rings. The summed E-state index contributed by atoms with van der Waals surface area (Å²) in [5.74, 6) is 0.595. The van der Waals surface area contributed by atoms with Crippen LogP contribution >= 0.6 is 0 Å². The Kier molecular flexibility index (Phi) is 31.0. The first-order chi connectivity index (χ1) is 27.9. The predicted molar refractivity (Wildman–Crippen MR) is 210 cm³/mol. The van der Waals surface area contributed by atoms with E-state index in [-0.39, 0.29) is 24.0 Å². The van der Waals surface area contributed by atoms with Crippen molar-refractivity contribution in [2.75, 3.05) is 164 Å². The molecule has 0 radical (unpaired) electrons. The molecule has 2 aromatic rings. The fourth-order valence-electron chi connectivity index (χ4n) is 4.33. The summed E-state index contributed by atoms with van der Waals surface area (Å²) in [6.07, 6.45) is 0. The summed E-state index contributed by atoms with van der Waals surface area (Å²) in [7, 11) is -3.78. The minimum atomic E-state index is -3.78. The lowest BCUT2D eigenvalue weighted by Gasteiger charge is -2.09. The molecule has 0 saturated heterocycles. The Morgan fingerprint density at radius 3 is 1.05 bits per heavy atom. The lowest BCUT2D eigenvalue weighted by molar-refractivity contribution is -0.114. The maximum absolute atomic E-state index is 12.1. The Bertz CT molecular complexity index is 1330. The van der Waals surface area contributed by atoms with Gasteiger partial charge in [0, 0.05) is 12.6 Å². The highest BCUT2D eigenvalue weighted by Gasteiger charge is 2.14. The molecule has 0 heterocycles. The molecular formula is C39H63NO16S. The summed E-state index contributed by atoms with van der Waals surface area (Å²) in [6.45, 7) is 13.3. The van der Waals surface area contributed by atoms with Gasteiger partial charge in [-0.2, -0.15) is 8.42 Å². The highest BCUT2D eigenvalue weighted by Crippen LogP contribution is 2.15. The monoisotopic (exact) mass is 833 g/mol. The van der Waals surface area contributed by atoms with Gasteiger partial charge in [-0.25, -0.2) is 0 Å². The van der Waals surface area contributed by atoms with E-state index in [1.165, 1.54) is 19.1 Å². The van der Waals surface area contributed by atoms with Crippen LogP contribution < -0.4 is 10.1 Å². The summed E-state index contributed by atoms with van der Waals surface area (Å²) in [4.78, 5) is 11.2. The van der Waals surface area contributed by atoms with Gasteiger partial charge in [0.05, 0.1) is 157 Å². The summed E-state index contributed by atoms with van der Waals surface area (Å²) < 4.78 is 94.9. The molecule has 0 aliphatic carbocycles. The molecule has 2 aromatic carbocycles. The van der Waals surface area contributed by atoms with Gasteiger partial charge in [0.25, 0.3) is 10.1 Å². The Morgan fingerprint density at radius 2 is 0.737 bits per heavy atom. The summed E-state index contributed by atoms with van der Waals surface area (Å²) in [5, 5.41) is 2.71. The molecule has 0 aromatic heterocycles. The Hall–Kier alpha value is -2.82. The van der Waals surface area contributed by atoms with Gasteiger partial charge in [-0.05, 0) is 43.3 Å². The van der Waals surface area contributed by atoms with Gasteiger partial charge in [-0.3, -0.25) is 8.98 Å². The summed E-state index contributed by atoms with van der Waals surface area (Å²) in [5.41, 5.74) is 1.70. The number of carbonyl (C=O) groups is 1. The average Bonchev–Trinajstić information content (AvgIpc) is 3.19. The molecule has 0 spiro atoms. The molecule has 1 N–H and O–H groups in total. The number of carbonyl (C=O) groups excluding carboxylic acids is 1. The van der Waals surface area contributed by atoms with Crippen LogP contribution in [0.4, 0.5) is 5.69 Å². The first kappa shape index (κ1) is 50.3. The molecule has 0 aliphatic heterocycles. The Morgan fingerprint density at radius 1 is 0.439 bits per heavy atom. The molecular weight excluding hydrogens is 770 g/mol. The van der Waals surface area contributed by atoms with Crippen molar-refractivity contribution >= 4 is 21.7 Å². The highest BCUT2D eigenvalue weighted by molar-refractivity contribution is 7.86. The molecule has 0 bridgehead atoms. The maximum atomic E-state index is 12.1. The van der Waals surface area contributed by atoms with Gasteiger partial charge in [-0.15, -0.1) is 0 Å². The van der Waals surface area contributed by atoms with Crippen molar-refractivity contribution in [3.05, 3.63) is 54.1 Å². The van der Waals surface area contributed by atoms with Crippen molar-refractivity contribution in [1.29, 1.82) is 0 Å². The Labute approximate surface area is 337 Å². The lowest BCUT2D eigenvalue weighted by atomic mass is 10.2. The molecule has 0 saturated carbocycles. The highest BCUT2D eigenvalue weighted by atomic mass is 32.2. The van der Waals surface area contributed by atoms with Crippen LogP contribution in [0.1, 0.15) is 12.5 Å². The zero-order chi connectivity index (χ0) is 40.9. The minimum Gasteiger partial charge on any atom is -0.491 e. The fraction of sp³-hybridized carbons (Fsp3) is 0.667. The number of hydrogen-bond donors (Lipinski definition) is 1. The van der Waals surface area contributed by atoms with Gasteiger partial charge >= 0.3 is 0 Å². The second kappa shape index (κ2) is 35.2. The quantitative estimate of drug-likeness (QED) is 0.0764. The van der Waals surface area contributed by atoms with Crippen molar-refractivity contribution < 1.29 is 74.2 Å².